The van der Waals surface area contributed by atoms with Crippen LogP contribution in [0.5, 0.6) is 0 Å². The quantitative estimate of drug-likeness (QED) is 0.825. The van der Waals surface area contributed by atoms with Crippen LogP contribution in [0.2, 0.25) is 0 Å². The van der Waals surface area contributed by atoms with Crippen molar-refractivity contribution in [3.63, 3.8) is 0 Å². The van der Waals surface area contributed by atoms with E-state index in [1.807, 2.05) is 11.6 Å². The number of rotatable bonds is 3. The van der Waals surface area contributed by atoms with Gasteiger partial charge in [-0.15, -0.1) is 5.10 Å². The molecule has 1 aromatic rings. The second kappa shape index (κ2) is 4.20. The molecule has 2 rings (SSSR count). The molecule has 16 heavy (non-hydrogen) atoms. The molecular weight excluding hydrogens is 220 g/mol. The molecule has 1 fully saturated rings. The third kappa shape index (κ3) is 1.77. The lowest BCUT2D eigenvalue weighted by Gasteiger charge is -2.26. The van der Waals surface area contributed by atoms with Crippen LogP contribution in [-0.4, -0.2) is 27.9 Å². The van der Waals surface area contributed by atoms with Gasteiger partial charge in [-0.25, -0.2) is 5.10 Å². The molecule has 0 atom stereocenters. The summed E-state index contributed by atoms with van der Waals surface area (Å²) in [5.74, 6) is 0.980. The lowest BCUT2D eigenvalue weighted by molar-refractivity contribution is 0.301. The number of hydrogen-bond donors (Lipinski definition) is 1. The van der Waals surface area contributed by atoms with Crippen molar-refractivity contribution < 1.29 is 0 Å². The van der Waals surface area contributed by atoms with Crippen LogP contribution >= 0.6 is 12.2 Å². The van der Waals surface area contributed by atoms with Crippen LogP contribution in [0.1, 0.15) is 33.1 Å². The molecule has 1 aliphatic heterocycles. The zero-order valence-electron chi connectivity index (χ0n) is 10.3. The highest BCUT2D eigenvalue weighted by Gasteiger charge is 2.36. The first kappa shape index (κ1) is 11.6. The summed E-state index contributed by atoms with van der Waals surface area (Å²) in [5, 5.41) is 7.15. The Kier molecular flexibility index (Phi) is 3.06. The van der Waals surface area contributed by atoms with Gasteiger partial charge in [0.1, 0.15) is 0 Å². The van der Waals surface area contributed by atoms with E-state index in [1.54, 1.807) is 0 Å². The van der Waals surface area contributed by atoms with Crippen molar-refractivity contribution >= 4 is 18.2 Å². The first-order valence-electron chi connectivity index (χ1n) is 5.98. The maximum Gasteiger partial charge on any atom is 0.225 e. The summed E-state index contributed by atoms with van der Waals surface area (Å²) in [6, 6.07) is 0. The van der Waals surface area contributed by atoms with Crippen LogP contribution in [-0.2, 0) is 7.05 Å². The van der Waals surface area contributed by atoms with E-state index in [2.05, 4.69) is 28.9 Å². The molecule has 1 aliphatic rings. The summed E-state index contributed by atoms with van der Waals surface area (Å²) in [6.45, 7) is 6.77. The Morgan fingerprint density at radius 3 is 2.56 bits per heavy atom. The number of aromatic nitrogens is 3. The molecule has 1 saturated heterocycles. The van der Waals surface area contributed by atoms with Gasteiger partial charge in [0, 0.05) is 20.1 Å². The number of nitrogens with zero attached hydrogens (tertiary/aromatic N) is 3. The highest BCUT2D eigenvalue weighted by atomic mass is 32.1. The van der Waals surface area contributed by atoms with E-state index in [9.17, 15) is 0 Å². The molecule has 0 bridgehead atoms. The molecule has 4 nitrogen and oxygen atoms in total. The van der Waals surface area contributed by atoms with Crippen LogP contribution in [0.3, 0.4) is 0 Å². The van der Waals surface area contributed by atoms with E-state index in [0.29, 0.717) is 10.2 Å². The summed E-state index contributed by atoms with van der Waals surface area (Å²) in [6.07, 6.45) is 3.75. The van der Waals surface area contributed by atoms with Gasteiger partial charge in [-0.05, 0) is 36.9 Å². The maximum atomic E-state index is 5.14. The fourth-order valence-electron chi connectivity index (χ4n) is 2.55. The van der Waals surface area contributed by atoms with Crippen molar-refractivity contribution in [3.8, 4) is 0 Å². The van der Waals surface area contributed by atoms with Crippen LogP contribution in [0.4, 0.5) is 5.95 Å². The zero-order chi connectivity index (χ0) is 11.8. The van der Waals surface area contributed by atoms with E-state index < -0.39 is 0 Å². The minimum Gasteiger partial charge on any atom is -0.340 e. The second-order valence-electron chi connectivity index (χ2n) is 4.77. The molecule has 1 N–H and O–H groups in total. The minimum atomic E-state index is 0.480. The van der Waals surface area contributed by atoms with Gasteiger partial charge in [0.2, 0.25) is 5.95 Å². The van der Waals surface area contributed by atoms with Crippen molar-refractivity contribution in [2.24, 2.45) is 12.5 Å². The Hall–Kier alpha value is -0.840. The molecule has 0 aliphatic carbocycles. The Morgan fingerprint density at radius 2 is 2.12 bits per heavy atom. The van der Waals surface area contributed by atoms with E-state index in [-0.39, 0.29) is 0 Å². The molecule has 0 unspecified atom stereocenters. The van der Waals surface area contributed by atoms with Gasteiger partial charge in [0.15, 0.2) is 4.77 Å². The van der Waals surface area contributed by atoms with E-state index in [1.165, 1.54) is 19.3 Å². The highest BCUT2D eigenvalue weighted by molar-refractivity contribution is 7.71. The van der Waals surface area contributed by atoms with Crippen LogP contribution in [0, 0.1) is 10.2 Å². The normalized spacial score (nSPS) is 19.3. The number of anilines is 1. The van der Waals surface area contributed by atoms with Crippen molar-refractivity contribution in [2.75, 3.05) is 18.0 Å². The third-order valence-electron chi connectivity index (χ3n) is 4.08. The average Bonchev–Trinajstić information content (AvgIpc) is 2.86. The molecule has 0 saturated carbocycles. The molecule has 0 spiro atoms. The Bertz CT molecular complexity index is 416. The standard InChI is InChI=1S/C11H20N4S/c1-4-11(5-2)6-7-15(8-11)9-12-13-10(16)14(9)3/h4-8H2,1-3H3,(H,13,16). The number of nitrogens with one attached hydrogen (secondary N) is 1. The fraction of sp³-hybridized carbons (Fsp3) is 0.818. The summed E-state index contributed by atoms with van der Waals surface area (Å²) in [7, 11) is 1.97. The number of aromatic amines is 1. The maximum absolute atomic E-state index is 5.14. The molecule has 2 heterocycles. The Morgan fingerprint density at radius 1 is 1.44 bits per heavy atom. The van der Waals surface area contributed by atoms with Crippen molar-refractivity contribution in [1.29, 1.82) is 0 Å². The summed E-state index contributed by atoms with van der Waals surface area (Å²) in [4.78, 5) is 2.35. The summed E-state index contributed by atoms with van der Waals surface area (Å²) in [5.41, 5.74) is 0.480. The molecular formula is C11H20N4S. The van der Waals surface area contributed by atoms with Crippen LogP contribution < -0.4 is 4.90 Å². The van der Waals surface area contributed by atoms with Gasteiger partial charge in [0.05, 0.1) is 0 Å². The van der Waals surface area contributed by atoms with Gasteiger partial charge in [-0.2, -0.15) is 0 Å². The molecule has 1 aromatic heterocycles. The lowest BCUT2D eigenvalue weighted by atomic mass is 9.82. The fourth-order valence-corrected chi connectivity index (χ4v) is 2.68. The summed E-state index contributed by atoms with van der Waals surface area (Å²) >= 11 is 5.14. The van der Waals surface area contributed by atoms with Gasteiger partial charge < -0.3 is 4.90 Å². The Balaban J connectivity index is 2.21. The van der Waals surface area contributed by atoms with Crippen LogP contribution in [0.15, 0.2) is 0 Å². The third-order valence-corrected chi connectivity index (χ3v) is 4.44. The monoisotopic (exact) mass is 240 g/mol. The molecule has 0 amide bonds. The molecule has 5 heteroatoms. The average molecular weight is 240 g/mol. The van der Waals surface area contributed by atoms with E-state index in [4.69, 9.17) is 12.2 Å². The lowest BCUT2D eigenvalue weighted by Crippen LogP contribution is -2.27. The summed E-state index contributed by atoms with van der Waals surface area (Å²) < 4.78 is 2.65. The number of hydrogen-bond acceptors (Lipinski definition) is 3. The predicted octanol–water partition coefficient (Wildman–Crippen LogP) is 2.49. The van der Waals surface area contributed by atoms with E-state index >= 15 is 0 Å². The first-order valence-corrected chi connectivity index (χ1v) is 6.39. The van der Waals surface area contributed by atoms with Gasteiger partial charge in [0.25, 0.3) is 0 Å². The minimum absolute atomic E-state index is 0.480. The van der Waals surface area contributed by atoms with Gasteiger partial charge in [-0.3, -0.25) is 4.57 Å². The molecule has 0 aromatic carbocycles. The number of H-pyrrole nitrogens is 1. The van der Waals surface area contributed by atoms with Gasteiger partial charge >= 0.3 is 0 Å². The topological polar surface area (TPSA) is 36.9 Å². The SMILES string of the molecule is CCC1(CC)CCN(c2n[nH]c(=S)n2C)C1. The Labute approximate surface area is 102 Å². The van der Waals surface area contributed by atoms with E-state index in [0.717, 1.165) is 19.0 Å². The second-order valence-corrected chi connectivity index (χ2v) is 5.15. The van der Waals surface area contributed by atoms with Crippen molar-refractivity contribution in [1.82, 2.24) is 14.8 Å². The van der Waals surface area contributed by atoms with Crippen molar-refractivity contribution in [2.45, 2.75) is 33.1 Å². The first-order chi connectivity index (χ1) is 7.62. The van der Waals surface area contributed by atoms with Crippen molar-refractivity contribution in [3.05, 3.63) is 4.77 Å². The molecule has 90 valence electrons. The van der Waals surface area contributed by atoms with Crippen LogP contribution in [0.25, 0.3) is 0 Å². The molecule has 0 radical (unpaired) electrons. The zero-order valence-corrected chi connectivity index (χ0v) is 11.1. The largest absolute Gasteiger partial charge is 0.340 e. The highest BCUT2D eigenvalue weighted by Crippen LogP contribution is 2.38. The van der Waals surface area contributed by atoms with Gasteiger partial charge in [-0.1, -0.05) is 13.8 Å². The predicted molar refractivity (Wildman–Crippen MR) is 68.2 cm³/mol. The smallest absolute Gasteiger partial charge is 0.225 e.